The summed E-state index contributed by atoms with van der Waals surface area (Å²) in [6.07, 6.45) is 0.567. The molecule has 1 N–H and O–H groups in total. The van der Waals surface area contributed by atoms with Gasteiger partial charge in [0.05, 0.1) is 12.7 Å². The van der Waals surface area contributed by atoms with Crippen LogP contribution in [0.25, 0.3) is 5.57 Å². The summed E-state index contributed by atoms with van der Waals surface area (Å²) in [6, 6.07) is 14.9. The topological polar surface area (TPSA) is 71.1 Å². The molecule has 0 fully saturated rings. The number of methoxy groups -OCH3 is 2. The monoisotopic (exact) mass is 409 g/mol. The molecule has 30 heavy (non-hydrogen) atoms. The van der Waals surface area contributed by atoms with Crippen LogP contribution in [0.3, 0.4) is 0 Å². The lowest BCUT2D eigenvalue weighted by molar-refractivity contribution is -0.137. The van der Waals surface area contributed by atoms with E-state index in [-0.39, 0.29) is 24.1 Å². The molecular weight excluding hydrogens is 382 g/mol. The predicted octanol–water partition coefficient (Wildman–Crippen LogP) is 2.99. The van der Waals surface area contributed by atoms with Crippen molar-refractivity contribution in [3.63, 3.8) is 0 Å². The third kappa shape index (κ3) is 4.31. The Morgan fingerprint density at radius 2 is 1.67 bits per heavy atom. The maximum atomic E-state index is 13.2. The molecule has 1 aliphatic heterocycles. The SMILES string of the molecule is COCCCN1C(=O)C(Nc2ccc(N(C)C)cc2)=C(c2ccccc2OC)C1=O. The van der Waals surface area contributed by atoms with Gasteiger partial charge in [-0.25, -0.2) is 0 Å². The number of rotatable bonds is 9. The second-order valence-corrected chi connectivity index (χ2v) is 7.12. The number of nitrogens with zero attached hydrogens (tertiary/aromatic N) is 2. The molecule has 2 aromatic rings. The van der Waals surface area contributed by atoms with Gasteiger partial charge < -0.3 is 19.7 Å². The summed E-state index contributed by atoms with van der Waals surface area (Å²) in [7, 11) is 7.06. The van der Waals surface area contributed by atoms with E-state index in [4.69, 9.17) is 9.47 Å². The fourth-order valence-electron chi connectivity index (χ4n) is 3.35. The Labute approximate surface area is 176 Å². The number of carbonyl (C=O) groups excluding carboxylic acids is 2. The number of anilines is 2. The third-order valence-corrected chi connectivity index (χ3v) is 4.93. The summed E-state index contributed by atoms with van der Waals surface area (Å²) in [5, 5.41) is 3.17. The summed E-state index contributed by atoms with van der Waals surface area (Å²) >= 11 is 0. The van der Waals surface area contributed by atoms with Crippen LogP contribution in [0.5, 0.6) is 5.75 Å². The third-order valence-electron chi connectivity index (χ3n) is 4.93. The quantitative estimate of drug-likeness (QED) is 0.507. The highest BCUT2D eigenvalue weighted by molar-refractivity contribution is 6.37. The second kappa shape index (κ2) is 9.45. The molecule has 0 bridgehead atoms. The van der Waals surface area contributed by atoms with Crippen molar-refractivity contribution in [1.82, 2.24) is 4.90 Å². The van der Waals surface area contributed by atoms with E-state index in [1.165, 1.54) is 4.90 Å². The van der Waals surface area contributed by atoms with Crippen molar-refractivity contribution in [2.24, 2.45) is 0 Å². The summed E-state index contributed by atoms with van der Waals surface area (Å²) < 4.78 is 10.5. The number of nitrogens with one attached hydrogen (secondary N) is 1. The molecule has 7 heteroatoms. The molecule has 1 aliphatic rings. The summed E-state index contributed by atoms with van der Waals surface area (Å²) in [5.74, 6) is -0.156. The number of hydrogen-bond acceptors (Lipinski definition) is 6. The highest BCUT2D eigenvalue weighted by atomic mass is 16.5. The van der Waals surface area contributed by atoms with E-state index in [2.05, 4.69) is 5.32 Å². The van der Waals surface area contributed by atoms with Gasteiger partial charge in [0.15, 0.2) is 0 Å². The second-order valence-electron chi connectivity index (χ2n) is 7.12. The number of amides is 2. The Bertz CT molecular complexity index is 951. The molecule has 1 heterocycles. The number of benzene rings is 2. The average Bonchev–Trinajstić information content (AvgIpc) is 2.98. The van der Waals surface area contributed by atoms with Gasteiger partial charge in [-0.3, -0.25) is 14.5 Å². The molecule has 158 valence electrons. The Kier molecular flexibility index (Phi) is 6.74. The smallest absolute Gasteiger partial charge is 0.278 e. The van der Waals surface area contributed by atoms with Crippen LogP contribution in [0, 0.1) is 0 Å². The Morgan fingerprint density at radius 3 is 2.30 bits per heavy atom. The minimum Gasteiger partial charge on any atom is -0.496 e. The molecule has 2 aromatic carbocycles. The normalized spacial score (nSPS) is 13.8. The van der Waals surface area contributed by atoms with Crippen LogP contribution in [0.15, 0.2) is 54.2 Å². The lowest BCUT2D eigenvalue weighted by Gasteiger charge is -2.15. The van der Waals surface area contributed by atoms with E-state index >= 15 is 0 Å². The van der Waals surface area contributed by atoms with Gasteiger partial charge in [0.1, 0.15) is 11.4 Å². The summed E-state index contributed by atoms with van der Waals surface area (Å²) in [6.45, 7) is 0.755. The molecular formula is C23H27N3O4. The van der Waals surface area contributed by atoms with E-state index < -0.39 is 0 Å². The zero-order chi connectivity index (χ0) is 21.7. The van der Waals surface area contributed by atoms with E-state index in [1.807, 2.05) is 55.4 Å². The number of para-hydroxylation sites is 1. The van der Waals surface area contributed by atoms with Crippen LogP contribution in [0.1, 0.15) is 12.0 Å². The zero-order valence-electron chi connectivity index (χ0n) is 17.8. The largest absolute Gasteiger partial charge is 0.496 e. The van der Waals surface area contributed by atoms with Crippen molar-refractivity contribution in [3.05, 3.63) is 59.8 Å². The lowest BCUT2D eigenvalue weighted by Crippen LogP contribution is -2.33. The van der Waals surface area contributed by atoms with Crippen molar-refractivity contribution in [2.75, 3.05) is 51.7 Å². The van der Waals surface area contributed by atoms with Crippen LogP contribution in [-0.2, 0) is 14.3 Å². The first-order valence-corrected chi connectivity index (χ1v) is 9.75. The maximum absolute atomic E-state index is 13.2. The number of carbonyl (C=O) groups is 2. The first-order chi connectivity index (χ1) is 14.5. The minimum absolute atomic E-state index is 0.250. The van der Waals surface area contributed by atoms with Crippen molar-refractivity contribution in [1.29, 1.82) is 0 Å². The molecule has 0 unspecified atom stereocenters. The standard InChI is InChI=1S/C23H27N3O4/c1-25(2)17-12-10-16(11-13-17)24-21-20(18-8-5-6-9-19(18)30-4)22(27)26(23(21)28)14-7-15-29-3/h5-6,8-13,24H,7,14-15H2,1-4H3. The molecule has 0 saturated heterocycles. The van der Waals surface area contributed by atoms with Gasteiger partial charge in [-0.05, 0) is 36.8 Å². The molecule has 0 spiro atoms. The molecule has 3 rings (SSSR count). The van der Waals surface area contributed by atoms with Crippen molar-refractivity contribution >= 4 is 28.8 Å². The Hall–Kier alpha value is -3.32. The van der Waals surface area contributed by atoms with E-state index in [9.17, 15) is 9.59 Å². The van der Waals surface area contributed by atoms with E-state index in [1.54, 1.807) is 26.4 Å². The van der Waals surface area contributed by atoms with Crippen LogP contribution in [-0.4, -0.2) is 58.2 Å². The van der Waals surface area contributed by atoms with E-state index in [0.29, 0.717) is 29.9 Å². The molecule has 2 amide bonds. The fourth-order valence-corrected chi connectivity index (χ4v) is 3.35. The van der Waals surface area contributed by atoms with Crippen LogP contribution < -0.4 is 15.0 Å². The zero-order valence-corrected chi connectivity index (χ0v) is 17.8. The van der Waals surface area contributed by atoms with Gasteiger partial charge in [-0.15, -0.1) is 0 Å². The van der Waals surface area contributed by atoms with E-state index in [0.717, 1.165) is 11.4 Å². The first kappa shape index (κ1) is 21.4. The molecule has 7 nitrogen and oxygen atoms in total. The van der Waals surface area contributed by atoms with Gasteiger partial charge in [0, 0.05) is 51.3 Å². The maximum Gasteiger partial charge on any atom is 0.278 e. The minimum atomic E-state index is -0.353. The average molecular weight is 409 g/mol. The first-order valence-electron chi connectivity index (χ1n) is 9.75. The molecule has 0 aliphatic carbocycles. The Morgan fingerprint density at radius 1 is 0.967 bits per heavy atom. The summed E-state index contributed by atoms with van der Waals surface area (Å²) in [4.78, 5) is 29.6. The number of ether oxygens (including phenoxy) is 2. The van der Waals surface area contributed by atoms with Gasteiger partial charge >= 0.3 is 0 Å². The number of imide groups is 1. The highest BCUT2D eigenvalue weighted by Gasteiger charge is 2.39. The summed E-state index contributed by atoms with van der Waals surface area (Å²) in [5.41, 5.74) is 2.91. The molecule has 0 atom stereocenters. The van der Waals surface area contributed by atoms with Crippen LogP contribution in [0.2, 0.25) is 0 Å². The van der Waals surface area contributed by atoms with Gasteiger partial charge in [-0.2, -0.15) is 0 Å². The molecule has 0 radical (unpaired) electrons. The van der Waals surface area contributed by atoms with Crippen LogP contribution >= 0.6 is 0 Å². The predicted molar refractivity (Wildman–Crippen MR) is 118 cm³/mol. The van der Waals surface area contributed by atoms with Crippen molar-refractivity contribution in [2.45, 2.75) is 6.42 Å². The van der Waals surface area contributed by atoms with Gasteiger partial charge in [-0.1, -0.05) is 18.2 Å². The van der Waals surface area contributed by atoms with Crippen molar-refractivity contribution < 1.29 is 19.1 Å². The Balaban J connectivity index is 2.01. The van der Waals surface area contributed by atoms with Crippen molar-refractivity contribution in [3.8, 4) is 5.75 Å². The van der Waals surface area contributed by atoms with Gasteiger partial charge in [0.2, 0.25) is 0 Å². The lowest BCUT2D eigenvalue weighted by atomic mass is 10.0. The molecule has 0 saturated carbocycles. The van der Waals surface area contributed by atoms with Gasteiger partial charge in [0.25, 0.3) is 11.8 Å². The number of hydrogen-bond donors (Lipinski definition) is 1. The van der Waals surface area contributed by atoms with Crippen LogP contribution in [0.4, 0.5) is 11.4 Å². The highest BCUT2D eigenvalue weighted by Crippen LogP contribution is 2.35. The molecule has 0 aromatic heterocycles. The fraction of sp³-hybridized carbons (Fsp3) is 0.304.